The van der Waals surface area contributed by atoms with Crippen molar-refractivity contribution < 1.29 is 12.3 Å². The number of nitrogen functional groups attached to an aromatic ring is 1. The highest BCUT2D eigenvalue weighted by atomic mass is 32.3. The summed E-state index contributed by atoms with van der Waals surface area (Å²) in [5, 5.41) is 3.45. The highest BCUT2D eigenvalue weighted by molar-refractivity contribution is 7.86. The minimum atomic E-state index is -4.72. The Morgan fingerprint density at radius 2 is 2.27 bits per heavy atom. The average Bonchev–Trinajstić information content (AvgIpc) is 2.08. The van der Waals surface area contributed by atoms with Crippen LogP contribution in [0, 0.1) is 0 Å². The first-order chi connectivity index (χ1) is 4.91. The molecule has 0 aliphatic rings. The van der Waals surface area contributed by atoms with E-state index < -0.39 is 15.1 Å². The van der Waals surface area contributed by atoms with E-state index in [1.807, 2.05) is 0 Å². The van der Waals surface area contributed by atoms with Gasteiger partial charge in [-0.1, -0.05) is 0 Å². The first-order valence-corrected chi connectivity index (χ1v) is 4.03. The molecule has 0 spiro atoms. The molecule has 62 valence electrons. The van der Waals surface area contributed by atoms with Gasteiger partial charge in [-0.15, -0.1) is 3.89 Å². The Kier molecular flexibility index (Phi) is 1.59. The van der Waals surface area contributed by atoms with Crippen LogP contribution in [0.1, 0.15) is 0 Å². The number of aromatic nitrogens is 2. The lowest BCUT2D eigenvalue weighted by molar-refractivity contribution is 0.552. The van der Waals surface area contributed by atoms with Crippen molar-refractivity contribution in [1.82, 2.24) is 9.78 Å². The van der Waals surface area contributed by atoms with E-state index in [0.29, 0.717) is 0 Å². The Hall–Kier alpha value is -1.11. The molecule has 0 atom stereocenters. The lowest BCUT2D eigenvalue weighted by Gasteiger charge is -1.86. The number of hydrogen-bond donors (Lipinski definition) is 1. The quantitative estimate of drug-likeness (QED) is 0.598. The summed E-state index contributed by atoms with van der Waals surface area (Å²) in [7, 11) is -3.27. The topological polar surface area (TPSA) is 78.0 Å². The molecule has 0 fully saturated rings. The number of aryl methyl sites for hydroxylation is 1. The summed E-state index contributed by atoms with van der Waals surface area (Å²) >= 11 is 0. The lowest BCUT2D eigenvalue weighted by Crippen LogP contribution is -1.95. The SMILES string of the molecule is Cn1cc(S(=O)(=O)F)c(N)n1. The molecule has 0 saturated carbocycles. The third-order valence-corrected chi connectivity index (χ3v) is 1.92. The van der Waals surface area contributed by atoms with Crippen molar-refractivity contribution >= 4 is 16.0 Å². The zero-order valence-corrected chi connectivity index (χ0v) is 6.47. The average molecular weight is 179 g/mol. The summed E-state index contributed by atoms with van der Waals surface area (Å²) in [5.41, 5.74) is 5.08. The zero-order valence-electron chi connectivity index (χ0n) is 5.65. The summed E-state index contributed by atoms with van der Waals surface area (Å²) in [4.78, 5) is -0.583. The van der Waals surface area contributed by atoms with E-state index in [-0.39, 0.29) is 5.82 Å². The normalized spacial score (nSPS) is 11.8. The molecule has 0 saturated heterocycles. The fourth-order valence-electron chi connectivity index (χ4n) is 0.672. The molecule has 0 unspecified atom stereocenters. The van der Waals surface area contributed by atoms with Gasteiger partial charge in [0.1, 0.15) is 0 Å². The van der Waals surface area contributed by atoms with Crippen LogP contribution in [0.3, 0.4) is 0 Å². The highest BCUT2D eigenvalue weighted by Gasteiger charge is 2.18. The lowest BCUT2D eigenvalue weighted by atomic mass is 10.7. The first kappa shape index (κ1) is 7.99. The van der Waals surface area contributed by atoms with E-state index >= 15 is 0 Å². The Bertz CT molecular complexity index is 369. The van der Waals surface area contributed by atoms with Gasteiger partial charge in [-0.3, -0.25) is 4.68 Å². The van der Waals surface area contributed by atoms with Gasteiger partial charge in [0, 0.05) is 13.2 Å². The van der Waals surface area contributed by atoms with E-state index in [1.165, 1.54) is 7.05 Å². The van der Waals surface area contributed by atoms with E-state index in [1.54, 1.807) is 0 Å². The van der Waals surface area contributed by atoms with Crippen LogP contribution in [-0.2, 0) is 17.3 Å². The Morgan fingerprint density at radius 1 is 1.73 bits per heavy atom. The molecule has 0 amide bonds. The van der Waals surface area contributed by atoms with Gasteiger partial charge in [-0.25, -0.2) is 0 Å². The third kappa shape index (κ3) is 1.48. The molecule has 11 heavy (non-hydrogen) atoms. The summed E-state index contributed by atoms with van der Waals surface area (Å²) < 4.78 is 33.9. The molecule has 1 heterocycles. The standard InChI is InChI=1S/C4H6FN3O2S/c1-8-2-3(4(6)7-8)11(5,9)10/h2H,1H3,(H2,6,7). The van der Waals surface area contributed by atoms with E-state index in [2.05, 4.69) is 5.10 Å². The van der Waals surface area contributed by atoms with Gasteiger partial charge in [0.25, 0.3) is 0 Å². The van der Waals surface area contributed by atoms with Crippen LogP contribution in [0.2, 0.25) is 0 Å². The molecule has 0 bridgehead atoms. The molecule has 1 rings (SSSR count). The number of rotatable bonds is 1. The number of anilines is 1. The highest BCUT2D eigenvalue weighted by Crippen LogP contribution is 2.17. The van der Waals surface area contributed by atoms with Crippen LogP contribution in [-0.4, -0.2) is 18.2 Å². The van der Waals surface area contributed by atoms with Crippen LogP contribution in [0.25, 0.3) is 0 Å². The maximum Gasteiger partial charge on any atom is 0.337 e. The van der Waals surface area contributed by atoms with Gasteiger partial charge in [0.05, 0.1) is 0 Å². The first-order valence-electron chi connectivity index (χ1n) is 2.65. The van der Waals surface area contributed by atoms with Gasteiger partial charge >= 0.3 is 10.2 Å². The van der Waals surface area contributed by atoms with Gasteiger partial charge in [0.2, 0.25) is 0 Å². The molecule has 0 radical (unpaired) electrons. The molecule has 0 aromatic carbocycles. The molecule has 5 nitrogen and oxygen atoms in total. The Morgan fingerprint density at radius 3 is 2.45 bits per heavy atom. The molecule has 2 N–H and O–H groups in total. The van der Waals surface area contributed by atoms with Crippen LogP contribution >= 0.6 is 0 Å². The van der Waals surface area contributed by atoms with Crippen LogP contribution < -0.4 is 5.73 Å². The summed E-state index contributed by atoms with van der Waals surface area (Å²) in [5.74, 6) is -0.324. The number of nitrogens with zero attached hydrogens (tertiary/aromatic N) is 2. The van der Waals surface area contributed by atoms with Gasteiger partial charge in [-0.05, 0) is 0 Å². The Labute approximate surface area is 62.8 Å². The maximum atomic E-state index is 12.2. The molecular weight excluding hydrogens is 173 g/mol. The summed E-state index contributed by atoms with van der Waals surface area (Å²) in [6.07, 6.45) is 1.00. The van der Waals surface area contributed by atoms with Gasteiger partial charge in [-0.2, -0.15) is 13.5 Å². The van der Waals surface area contributed by atoms with Crippen LogP contribution in [0.4, 0.5) is 9.70 Å². The smallest absolute Gasteiger partial charge is 0.337 e. The number of halogens is 1. The number of hydrogen-bond acceptors (Lipinski definition) is 4. The van der Waals surface area contributed by atoms with Crippen molar-refractivity contribution in [3.05, 3.63) is 6.20 Å². The molecule has 1 aromatic rings. The monoisotopic (exact) mass is 179 g/mol. The van der Waals surface area contributed by atoms with Crippen molar-refractivity contribution in [2.75, 3.05) is 5.73 Å². The van der Waals surface area contributed by atoms with Crippen molar-refractivity contribution in [3.63, 3.8) is 0 Å². The van der Waals surface area contributed by atoms with Crippen molar-refractivity contribution in [2.45, 2.75) is 4.90 Å². The van der Waals surface area contributed by atoms with E-state index in [9.17, 15) is 12.3 Å². The van der Waals surface area contributed by atoms with Crippen LogP contribution in [0.5, 0.6) is 0 Å². The second kappa shape index (κ2) is 2.19. The maximum absolute atomic E-state index is 12.2. The zero-order chi connectivity index (χ0) is 8.65. The van der Waals surface area contributed by atoms with E-state index in [4.69, 9.17) is 5.73 Å². The molecule has 1 aromatic heterocycles. The Balaban J connectivity index is 3.36. The van der Waals surface area contributed by atoms with Gasteiger partial charge in [0.15, 0.2) is 10.7 Å². The predicted molar refractivity (Wildman–Crippen MR) is 35.9 cm³/mol. The second-order valence-corrected chi connectivity index (χ2v) is 3.31. The molecule has 0 aliphatic carbocycles. The number of nitrogens with two attached hydrogens (primary N) is 1. The fourth-order valence-corrected chi connectivity index (χ4v) is 1.24. The fraction of sp³-hybridized carbons (Fsp3) is 0.250. The minimum absolute atomic E-state index is 0.324. The third-order valence-electron chi connectivity index (χ3n) is 1.08. The molecule has 7 heteroatoms. The minimum Gasteiger partial charge on any atom is -0.381 e. The van der Waals surface area contributed by atoms with Crippen molar-refractivity contribution in [1.29, 1.82) is 0 Å². The summed E-state index contributed by atoms with van der Waals surface area (Å²) in [6.45, 7) is 0. The summed E-state index contributed by atoms with van der Waals surface area (Å²) in [6, 6.07) is 0. The second-order valence-electron chi connectivity index (χ2n) is 1.99. The molecular formula is C4H6FN3O2S. The van der Waals surface area contributed by atoms with Crippen LogP contribution in [0.15, 0.2) is 11.1 Å². The molecule has 0 aliphatic heterocycles. The van der Waals surface area contributed by atoms with Crippen molar-refractivity contribution in [2.24, 2.45) is 7.05 Å². The van der Waals surface area contributed by atoms with E-state index in [0.717, 1.165) is 10.9 Å². The van der Waals surface area contributed by atoms with Crippen molar-refractivity contribution in [3.8, 4) is 0 Å². The largest absolute Gasteiger partial charge is 0.381 e. The predicted octanol–water partition coefficient (Wildman–Crippen LogP) is -0.339. The van der Waals surface area contributed by atoms with Gasteiger partial charge < -0.3 is 5.73 Å².